The number of amides is 1. The Morgan fingerprint density at radius 3 is 2.84 bits per heavy atom. The van der Waals surface area contributed by atoms with E-state index in [9.17, 15) is 4.79 Å². The van der Waals surface area contributed by atoms with Gasteiger partial charge in [-0.3, -0.25) is 10.1 Å². The minimum atomic E-state index is -0.271. The molecule has 6 nitrogen and oxygen atoms in total. The number of benzene rings is 2. The number of anilines is 1. The van der Waals surface area contributed by atoms with Gasteiger partial charge in [-0.1, -0.05) is 18.2 Å². The normalized spacial score (nSPS) is 11.0. The minimum absolute atomic E-state index is 0.271. The fourth-order valence-corrected chi connectivity index (χ4v) is 2.40. The molecule has 0 saturated carbocycles. The second-order valence-electron chi connectivity index (χ2n) is 5.27. The highest BCUT2D eigenvalue weighted by Crippen LogP contribution is 2.28. The molecular weight excluding hydrogens is 318 g/mol. The van der Waals surface area contributed by atoms with Crippen molar-refractivity contribution in [3.8, 4) is 11.5 Å². The van der Waals surface area contributed by atoms with Gasteiger partial charge in [0.1, 0.15) is 0 Å². The maximum atomic E-state index is 12.1. The fourth-order valence-electron chi connectivity index (χ4n) is 2.40. The van der Waals surface area contributed by atoms with E-state index in [4.69, 9.17) is 9.47 Å². The number of imidazole rings is 1. The van der Waals surface area contributed by atoms with Crippen molar-refractivity contribution in [1.82, 2.24) is 9.97 Å². The van der Waals surface area contributed by atoms with Crippen LogP contribution in [0, 0.1) is 0 Å². The molecule has 0 saturated heterocycles. The smallest absolute Gasteiger partial charge is 0.250 e. The van der Waals surface area contributed by atoms with Gasteiger partial charge < -0.3 is 14.5 Å². The van der Waals surface area contributed by atoms with E-state index in [1.165, 1.54) is 6.08 Å². The van der Waals surface area contributed by atoms with Gasteiger partial charge in [0.05, 0.1) is 24.8 Å². The lowest BCUT2D eigenvalue weighted by Crippen LogP contribution is -2.08. The quantitative estimate of drug-likeness (QED) is 0.674. The van der Waals surface area contributed by atoms with Crippen molar-refractivity contribution in [2.45, 2.75) is 6.92 Å². The van der Waals surface area contributed by atoms with E-state index in [-0.39, 0.29) is 5.91 Å². The van der Waals surface area contributed by atoms with Crippen LogP contribution in [-0.4, -0.2) is 29.6 Å². The monoisotopic (exact) mass is 337 g/mol. The number of hydrogen-bond acceptors (Lipinski definition) is 4. The molecule has 0 aliphatic rings. The summed E-state index contributed by atoms with van der Waals surface area (Å²) in [6.07, 6.45) is 3.15. The van der Waals surface area contributed by atoms with E-state index < -0.39 is 0 Å². The van der Waals surface area contributed by atoms with Crippen LogP contribution in [0.2, 0.25) is 0 Å². The number of para-hydroxylation sites is 2. The van der Waals surface area contributed by atoms with Crippen molar-refractivity contribution < 1.29 is 14.3 Å². The van der Waals surface area contributed by atoms with Gasteiger partial charge in [0.2, 0.25) is 5.95 Å². The van der Waals surface area contributed by atoms with Crippen LogP contribution in [0.25, 0.3) is 17.1 Å². The van der Waals surface area contributed by atoms with Crippen LogP contribution in [0.15, 0.2) is 48.5 Å². The van der Waals surface area contributed by atoms with Crippen LogP contribution in [0.1, 0.15) is 12.5 Å². The number of H-pyrrole nitrogens is 1. The van der Waals surface area contributed by atoms with Crippen LogP contribution in [0.3, 0.4) is 0 Å². The molecule has 0 unspecified atom stereocenters. The molecule has 0 aliphatic heterocycles. The average molecular weight is 337 g/mol. The Labute approximate surface area is 145 Å². The summed E-state index contributed by atoms with van der Waals surface area (Å²) in [6, 6.07) is 13.1. The summed E-state index contributed by atoms with van der Waals surface area (Å²) in [4.78, 5) is 19.4. The number of methoxy groups -OCH3 is 1. The van der Waals surface area contributed by atoms with Gasteiger partial charge in [-0.05, 0) is 42.8 Å². The molecule has 1 aromatic heterocycles. The van der Waals surface area contributed by atoms with E-state index in [0.717, 1.165) is 16.6 Å². The molecule has 0 atom stereocenters. The number of nitrogens with one attached hydrogen (secondary N) is 2. The number of hydrogen-bond donors (Lipinski definition) is 2. The molecule has 0 bridgehead atoms. The van der Waals surface area contributed by atoms with Gasteiger partial charge in [0.25, 0.3) is 5.91 Å². The Balaban J connectivity index is 1.69. The third-order valence-corrected chi connectivity index (χ3v) is 3.55. The van der Waals surface area contributed by atoms with E-state index in [0.29, 0.717) is 24.1 Å². The third-order valence-electron chi connectivity index (χ3n) is 3.55. The number of carbonyl (C=O) groups is 1. The number of nitrogens with zero attached hydrogens (tertiary/aromatic N) is 1. The van der Waals surface area contributed by atoms with E-state index in [2.05, 4.69) is 15.3 Å². The first kappa shape index (κ1) is 16.6. The predicted molar refractivity (Wildman–Crippen MR) is 97.9 cm³/mol. The van der Waals surface area contributed by atoms with Crippen molar-refractivity contribution in [3.63, 3.8) is 0 Å². The molecule has 0 radical (unpaired) electrons. The Hall–Kier alpha value is -3.28. The van der Waals surface area contributed by atoms with Crippen molar-refractivity contribution in [2.24, 2.45) is 0 Å². The molecule has 128 valence electrons. The lowest BCUT2D eigenvalue weighted by molar-refractivity contribution is -0.111. The van der Waals surface area contributed by atoms with Crippen LogP contribution in [-0.2, 0) is 4.79 Å². The maximum Gasteiger partial charge on any atom is 0.250 e. The SMILES string of the molecule is CCOc1ccc(/C=C/C(=O)Nc2nc3ccccc3[nH]2)cc1OC. The number of ether oxygens (including phenoxy) is 2. The number of aromatic amines is 1. The van der Waals surface area contributed by atoms with Crippen LogP contribution >= 0.6 is 0 Å². The van der Waals surface area contributed by atoms with Crippen LogP contribution in [0.5, 0.6) is 11.5 Å². The van der Waals surface area contributed by atoms with E-state index >= 15 is 0 Å². The van der Waals surface area contributed by atoms with Crippen molar-refractivity contribution in [3.05, 3.63) is 54.1 Å². The zero-order valence-electron chi connectivity index (χ0n) is 14.1. The fraction of sp³-hybridized carbons (Fsp3) is 0.158. The summed E-state index contributed by atoms with van der Waals surface area (Å²) in [7, 11) is 1.58. The van der Waals surface area contributed by atoms with E-state index in [1.54, 1.807) is 13.2 Å². The highest BCUT2D eigenvalue weighted by Gasteiger charge is 2.06. The van der Waals surface area contributed by atoms with Crippen molar-refractivity contribution >= 4 is 29.0 Å². The summed E-state index contributed by atoms with van der Waals surface area (Å²) >= 11 is 0. The molecular formula is C19H19N3O3. The average Bonchev–Trinajstić information content (AvgIpc) is 3.03. The molecule has 1 amide bonds. The summed E-state index contributed by atoms with van der Waals surface area (Å²) < 4.78 is 10.8. The number of fused-ring (bicyclic) bond motifs is 1. The standard InChI is InChI=1S/C19H19N3O3/c1-3-25-16-10-8-13(12-17(16)24-2)9-11-18(23)22-19-20-14-6-4-5-7-15(14)21-19/h4-12H,3H2,1-2H3,(H2,20,21,22,23)/b11-9+. The molecule has 0 spiro atoms. The summed E-state index contributed by atoms with van der Waals surface area (Å²) in [5.74, 6) is 1.45. The molecule has 3 rings (SSSR count). The molecule has 0 fully saturated rings. The number of rotatable bonds is 6. The van der Waals surface area contributed by atoms with Crippen molar-refractivity contribution in [1.29, 1.82) is 0 Å². The van der Waals surface area contributed by atoms with Gasteiger partial charge in [0.15, 0.2) is 11.5 Å². The molecule has 25 heavy (non-hydrogen) atoms. The van der Waals surface area contributed by atoms with E-state index in [1.807, 2.05) is 49.4 Å². The lowest BCUT2D eigenvalue weighted by Gasteiger charge is -2.09. The summed E-state index contributed by atoms with van der Waals surface area (Å²) in [5.41, 5.74) is 2.51. The van der Waals surface area contributed by atoms with Gasteiger partial charge in [0, 0.05) is 6.08 Å². The number of carbonyl (C=O) groups excluding carboxylic acids is 1. The predicted octanol–water partition coefficient (Wildman–Crippen LogP) is 3.62. The third kappa shape index (κ3) is 3.98. The zero-order chi connectivity index (χ0) is 17.6. The summed E-state index contributed by atoms with van der Waals surface area (Å²) in [5, 5.41) is 2.71. The van der Waals surface area contributed by atoms with Gasteiger partial charge >= 0.3 is 0 Å². The minimum Gasteiger partial charge on any atom is -0.493 e. The van der Waals surface area contributed by atoms with Gasteiger partial charge in [-0.15, -0.1) is 0 Å². The molecule has 6 heteroatoms. The Morgan fingerprint density at radius 2 is 2.08 bits per heavy atom. The molecule has 2 aromatic carbocycles. The summed E-state index contributed by atoms with van der Waals surface area (Å²) in [6.45, 7) is 2.47. The molecule has 2 N–H and O–H groups in total. The van der Waals surface area contributed by atoms with Gasteiger partial charge in [-0.25, -0.2) is 4.98 Å². The highest BCUT2D eigenvalue weighted by molar-refractivity contribution is 6.01. The number of aromatic nitrogens is 2. The topological polar surface area (TPSA) is 76.2 Å². The van der Waals surface area contributed by atoms with Crippen LogP contribution in [0.4, 0.5) is 5.95 Å². The van der Waals surface area contributed by atoms with Gasteiger partial charge in [-0.2, -0.15) is 0 Å². The first-order chi connectivity index (χ1) is 12.2. The Morgan fingerprint density at radius 1 is 1.24 bits per heavy atom. The largest absolute Gasteiger partial charge is 0.493 e. The zero-order valence-corrected chi connectivity index (χ0v) is 14.1. The molecule has 0 aliphatic carbocycles. The first-order valence-electron chi connectivity index (χ1n) is 7.94. The maximum absolute atomic E-state index is 12.1. The van der Waals surface area contributed by atoms with Crippen molar-refractivity contribution in [2.75, 3.05) is 19.0 Å². The molecule has 1 heterocycles. The Bertz CT molecular complexity index is 882. The second kappa shape index (κ2) is 7.53. The Kier molecular flexibility index (Phi) is 4.99. The second-order valence-corrected chi connectivity index (χ2v) is 5.27. The highest BCUT2D eigenvalue weighted by atomic mass is 16.5. The molecule has 3 aromatic rings. The lowest BCUT2D eigenvalue weighted by atomic mass is 10.2. The van der Waals surface area contributed by atoms with Crippen LogP contribution < -0.4 is 14.8 Å². The first-order valence-corrected chi connectivity index (χ1v) is 7.94.